The second-order valence-corrected chi connectivity index (χ2v) is 6.21. The zero-order chi connectivity index (χ0) is 21.5. The van der Waals surface area contributed by atoms with Crippen LogP contribution in [0, 0.1) is 5.82 Å². The largest absolute Gasteiger partial charge is 0.497 e. The molecule has 0 radical (unpaired) electrons. The van der Waals surface area contributed by atoms with Gasteiger partial charge in [0.25, 0.3) is 5.91 Å². The molecule has 0 aliphatic rings. The van der Waals surface area contributed by atoms with E-state index in [2.05, 4.69) is 5.32 Å². The van der Waals surface area contributed by atoms with Crippen molar-refractivity contribution in [3.63, 3.8) is 0 Å². The van der Waals surface area contributed by atoms with Gasteiger partial charge in [-0.05, 0) is 24.3 Å². The molecule has 0 aliphatic carbocycles. The van der Waals surface area contributed by atoms with Gasteiger partial charge in [0.15, 0.2) is 12.4 Å². The Labute approximate surface area is 172 Å². The summed E-state index contributed by atoms with van der Waals surface area (Å²) < 4.78 is 23.7. The van der Waals surface area contributed by atoms with Crippen molar-refractivity contribution in [3.05, 3.63) is 95.3 Å². The maximum Gasteiger partial charge on any atom is 0.341 e. The molecule has 152 valence electrons. The molecule has 1 amide bonds. The van der Waals surface area contributed by atoms with Gasteiger partial charge >= 0.3 is 5.97 Å². The first-order valence-corrected chi connectivity index (χ1v) is 8.99. The van der Waals surface area contributed by atoms with Crippen LogP contribution in [0.25, 0.3) is 0 Å². The number of nitrogens with one attached hydrogen (secondary N) is 1. The van der Waals surface area contributed by atoms with Gasteiger partial charge < -0.3 is 14.8 Å². The van der Waals surface area contributed by atoms with Crippen LogP contribution < -0.4 is 10.1 Å². The van der Waals surface area contributed by atoms with E-state index < -0.39 is 24.3 Å². The maximum absolute atomic E-state index is 13.9. The van der Waals surface area contributed by atoms with E-state index in [1.165, 1.54) is 19.2 Å². The van der Waals surface area contributed by atoms with Gasteiger partial charge in [0.1, 0.15) is 11.6 Å². The number of para-hydroxylation sites is 1. The Morgan fingerprint density at radius 3 is 2.30 bits per heavy atom. The third-order valence-electron chi connectivity index (χ3n) is 4.21. The van der Waals surface area contributed by atoms with E-state index >= 15 is 0 Å². The quantitative estimate of drug-likeness (QED) is 0.475. The molecule has 0 aromatic heterocycles. The van der Waals surface area contributed by atoms with Crippen LogP contribution in [0.2, 0.25) is 0 Å². The lowest BCUT2D eigenvalue weighted by molar-refractivity contribution is -0.119. The second kappa shape index (κ2) is 9.47. The normalized spacial score (nSPS) is 10.2. The number of esters is 1. The molecule has 0 heterocycles. The SMILES string of the molecule is COc1ccc(C(=O)OCC(=O)Nc2ccccc2C(=O)c2ccccc2)c(F)c1. The van der Waals surface area contributed by atoms with E-state index in [1.54, 1.807) is 54.6 Å². The molecular formula is C23H18FNO5. The van der Waals surface area contributed by atoms with Crippen molar-refractivity contribution in [2.45, 2.75) is 0 Å². The van der Waals surface area contributed by atoms with Gasteiger partial charge in [-0.25, -0.2) is 9.18 Å². The van der Waals surface area contributed by atoms with Gasteiger partial charge in [-0.15, -0.1) is 0 Å². The van der Waals surface area contributed by atoms with E-state index in [0.717, 1.165) is 6.07 Å². The van der Waals surface area contributed by atoms with Gasteiger partial charge in [0, 0.05) is 17.2 Å². The van der Waals surface area contributed by atoms with E-state index in [1.807, 2.05) is 0 Å². The molecule has 3 rings (SSSR count). The molecule has 0 saturated carbocycles. The fourth-order valence-electron chi connectivity index (χ4n) is 2.72. The number of anilines is 1. The lowest BCUT2D eigenvalue weighted by Crippen LogP contribution is -2.22. The molecule has 0 fully saturated rings. The first-order chi connectivity index (χ1) is 14.5. The highest BCUT2D eigenvalue weighted by Crippen LogP contribution is 2.20. The number of amides is 1. The van der Waals surface area contributed by atoms with Crippen molar-refractivity contribution in [3.8, 4) is 5.75 Å². The molecular weight excluding hydrogens is 389 g/mol. The monoisotopic (exact) mass is 407 g/mol. The summed E-state index contributed by atoms with van der Waals surface area (Å²) in [7, 11) is 1.37. The molecule has 7 heteroatoms. The molecule has 0 unspecified atom stereocenters. The number of carbonyl (C=O) groups is 3. The highest BCUT2D eigenvalue weighted by Gasteiger charge is 2.18. The number of hydrogen-bond acceptors (Lipinski definition) is 5. The highest BCUT2D eigenvalue weighted by atomic mass is 19.1. The Balaban J connectivity index is 1.66. The highest BCUT2D eigenvalue weighted by molar-refractivity contribution is 6.14. The summed E-state index contributed by atoms with van der Waals surface area (Å²) in [6.07, 6.45) is 0. The average Bonchev–Trinajstić information content (AvgIpc) is 2.78. The molecule has 0 atom stereocenters. The molecule has 0 aliphatic heterocycles. The molecule has 0 saturated heterocycles. The molecule has 0 bridgehead atoms. The Kier molecular flexibility index (Phi) is 6.54. The average molecular weight is 407 g/mol. The maximum atomic E-state index is 13.9. The van der Waals surface area contributed by atoms with Crippen molar-refractivity contribution in [2.75, 3.05) is 19.0 Å². The molecule has 0 spiro atoms. The van der Waals surface area contributed by atoms with E-state index in [9.17, 15) is 18.8 Å². The van der Waals surface area contributed by atoms with Gasteiger partial charge in [0.05, 0.1) is 18.4 Å². The molecule has 30 heavy (non-hydrogen) atoms. The van der Waals surface area contributed by atoms with Crippen molar-refractivity contribution in [2.24, 2.45) is 0 Å². The third-order valence-corrected chi connectivity index (χ3v) is 4.21. The fourth-order valence-corrected chi connectivity index (χ4v) is 2.72. The summed E-state index contributed by atoms with van der Waals surface area (Å²) in [6.45, 7) is -0.641. The van der Waals surface area contributed by atoms with E-state index in [4.69, 9.17) is 9.47 Å². The number of ketones is 1. The topological polar surface area (TPSA) is 81.7 Å². The molecule has 6 nitrogen and oxygen atoms in total. The summed E-state index contributed by atoms with van der Waals surface area (Å²) in [5.41, 5.74) is 0.733. The Morgan fingerprint density at radius 1 is 0.900 bits per heavy atom. The van der Waals surface area contributed by atoms with Crippen LogP contribution in [-0.2, 0) is 9.53 Å². The smallest absolute Gasteiger partial charge is 0.341 e. The lowest BCUT2D eigenvalue weighted by atomic mass is 10.0. The number of hydrogen-bond donors (Lipinski definition) is 1. The Hall–Kier alpha value is -4.00. The van der Waals surface area contributed by atoms with Gasteiger partial charge in [-0.1, -0.05) is 42.5 Å². The standard InChI is InChI=1S/C23H18FNO5/c1-29-16-11-12-17(19(24)13-16)23(28)30-14-21(26)25-20-10-6-5-9-18(20)22(27)15-7-3-2-4-8-15/h2-13H,14H2,1H3,(H,25,26). The number of methoxy groups -OCH3 is 1. The summed E-state index contributed by atoms with van der Waals surface area (Å²) in [4.78, 5) is 37.0. The molecule has 3 aromatic rings. The predicted octanol–water partition coefficient (Wildman–Crippen LogP) is 3.86. The third kappa shape index (κ3) is 4.88. The Bertz CT molecular complexity index is 1080. The van der Waals surface area contributed by atoms with Gasteiger partial charge in [0.2, 0.25) is 0 Å². The summed E-state index contributed by atoms with van der Waals surface area (Å²) in [5, 5.41) is 2.55. The van der Waals surface area contributed by atoms with Crippen LogP contribution in [0.1, 0.15) is 26.3 Å². The van der Waals surface area contributed by atoms with Crippen LogP contribution in [0.3, 0.4) is 0 Å². The van der Waals surface area contributed by atoms with Gasteiger partial charge in [-0.3, -0.25) is 9.59 Å². The minimum Gasteiger partial charge on any atom is -0.497 e. The number of halogens is 1. The zero-order valence-corrected chi connectivity index (χ0v) is 16.1. The van der Waals surface area contributed by atoms with Crippen LogP contribution in [0.5, 0.6) is 5.75 Å². The molecule has 1 N–H and O–H groups in total. The van der Waals surface area contributed by atoms with Crippen LogP contribution in [0.15, 0.2) is 72.8 Å². The first kappa shape index (κ1) is 20.7. The van der Waals surface area contributed by atoms with Crippen molar-refractivity contribution in [1.82, 2.24) is 0 Å². The zero-order valence-electron chi connectivity index (χ0n) is 16.1. The van der Waals surface area contributed by atoms with Crippen LogP contribution in [0.4, 0.5) is 10.1 Å². The lowest BCUT2D eigenvalue weighted by Gasteiger charge is -2.11. The van der Waals surface area contributed by atoms with Crippen molar-refractivity contribution >= 4 is 23.3 Å². The van der Waals surface area contributed by atoms with E-state index in [0.29, 0.717) is 11.1 Å². The number of carbonyl (C=O) groups excluding carboxylic acids is 3. The number of rotatable bonds is 7. The van der Waals surface area contributed by atoms with Crippen molar-refractivity contribution in [1.29, 1.82) is 0 Å². The number of ether oxygens (including phenoxy) is 2. The first-order valence-electron chi connectivity index (χ1n) is 8.99. The fraction of sp³-hybridized carbons (Fsp3) is 0.0870. The Morgan fingerprint density at radius 2 is 1.60 bits per heavy atom. The van der Waals surface area contributed by atoms with Crippen molar-refractivity contribution < 1.29 is 28.2 Å². The second-order valence-electron chi connectivity index (χ2n) is 6.21. The minimum atomic E-state index is -0.987. The van der Waals surface area contributed by atoms with Crippen LogP contribution in [-0.4, -0.2) is 31.4 Å². The number of benzene rings is 3. The van der Waals surface area contributed by atoms with Crippen LogP contribution >= 0.6 is 0 Å². The molecule has 3 aromatic carbocycles. The predicted molar refractivity (Wildman–Crippen MR) is 108 cm³/mol. The summed E-state index contributed by atoms with van der Waals surface area (Å²) in [5.74, 6) is -2.48. The minimum absolute atomic E-state index is 0.251. The van der Waals surface area contributed by atoms with Gasteiger partial charge in [-0.2, -0.15) is 0 Å². The summed E-state index contributed by atoms with van der Waals surface area (Å²) in [6, 6.07) is 18.8. The summed E-state index contributed by atoms with van der Waals surface area (Å²) >= 11 is 0. The van der Waals surface area contributed by atoms with E-state index in [-0.39, 0.29) is 22.8 Å².